The smallest absolute Gasteiger partial charge is 0.338 e. The summed E-state index contributed by atoms with van der Waals surface area (Å²) in [6.45, 7) is 0. The summed E-state index contributed by atoms with van der Waals surface area (Å²) < 4.78 is 4.87. The molecule has 28 heavy (non-hydrogen) atoms. The number of hydrazone groups is 1. The third-order valence-electron chi connectivity index (χ3n) is 4.02. The van der Waals surface area contributed by atoms with Gasteiger partial charge in [-0.1, -0.05) is 60.7 Å². The van der Waals surface area contributed by atoms with Crippen LogP contribution in [0.1, 0.15) is 21.5 Å². The fourth-order valence-corrected chi connectivity index (χ4v) is 2.70. The van der Waals surface area contributed by atoms with E-state index in [4.69, 9.17) is 4.74 Å². The number of nitrogens with zero attached hydrogens (tertiary/aromatic N) is 2. The monoisotopic (exact) mass is 375 g/mol. The third kappa shape index (κ3) is 4.04. The molecular formula is C21H17N3O4. The summed E-state index contributed by atoms with van der Waals surface area (Å²) in [7, 11) is 1.31. The molecule has 7 nitrogen and oxygen atoms in total. The molecule has 3 rings (SSSR count). The zero-order chi connectivity index (χ0) is 19.9. The maximum absolute atomic E-state index is 12.2. The topological polar surface area (TPSA) is 93.8 Å². The molecule has 0 unspecified atom stereocenters. The van der Waals surface area contributed by atoms with Gasteiger partial charge >= 0.3 is 5.97 Å². The summed E-state index contributed by atoms with van der Waals surface area (Å²) in [4.78, 5) is 23.0. The van der Waals surface area contributed by atoms with Gasteiger partial charge in [-0.3, -0.25) is 15.5 Å². The number of hydrogen-bond acceptors (Lipinski definition) is 6. The number of nitrogens with one attached hydrogen (secondary N) is 1. The van der Waals surface area contributed by atoms with E-state index < -0.39 is 10.9 Å². The lowest BCUT2D eigenvalue weighted by Gasteiger charge is -2.12. The van der Waals surface area contributed by atoms with Crippen molar-refractivity contribution in [2.75, 3.05) is 12.5 Å². The molecule has 0 aromatic heterocycles. The van der Waals surface area contributed by atoms with Crippen LogP contribution in [0.4, 0.5) is 11.4 Å². The first-order valence-corrected chi connectivity index (χ1v) is 8.42. The highest BCUT2D eigenvalue weighted by molar-refractivity contribution is 6.17. The molecule has 0 atom stereocenters. The molecule has 0 saturated heterocycles. The van der Waals surface area contributed by atoms with Crippen LogP contribution < -0.4 is 5.43 Å². The number of methoxy groups -OCH3 is 1. The van der Waals surface area contributed by atoms with Crippen LogP contribution >= 0.6 is 0 Å². The number of hydrogen-bond donors (Lipinski definition) is 1. The highest BCUT2D eigenvalue weighted by atomic mass is 16.6. The number of nitro groups is 1. The Kier molecular flexibility index (Phi) is 5.76. The third-order valence-corrected chi connectivity index (χ3v) is 4.02. The molecule has 0 saturated carbocycles. The number of nitro benzene ring substituents is 1. The quantitative estimate of drug-likeness (QED) is 0.301. The van der Waals surface area contributed by atoms with Crippen LogP contribution in [0.2, 0.25) is 0 Å². The van der Waals surface area contributed by atoms with Gasteiger partial charge < -0.3 is 4.74 Å². The van der Waals surface area contributed by atoms with Gasteiger partial charge in [0.2, 0.25) is 0 Å². The Hall–Kier alpha value is -4.00. The molecule has 0 amide bonds. The van der Waals surface area contributed by atoms with Crippen LogP contribution in [0, 0.1) is 10.1 Å². The Morgan fingerprint density at radius 3 is 2.21 bits per heavy atom. The summed E-state index contributed by atoms with van der Waals surface area (Å²) in [5, 5.41) is 15.7. The standard InChI is InChI=1S/C21H17N3O4/c1-28-21(25)17-12-6-5-11-16(17)20(15-9-3-2-4-10-15)23-22-18-13-7-8-14-19(18)24(26)27/h2-14,22H,1H3/b23-20+. The molecule has 0 heterocycles. The Balaban J connectivity index is 2.12. The van der Waals surface area contributed by atoms with Gasteiger partial charge in [-0.2, -0.15) is 5.10 Å². The van der Waals surface area contributed by atoms with Crippen LogP contribution in [0.3, 0.4) is 0 Å². The number of carbonyl (C=O) groups excluding carboxylic acids is 1. The van der Waals surface area contributed by atoms with Crippen LogP contribution in [-0.2, 0) is 4.74 Å². The number of anilines is 1. The minimum atomic E-state index is -0.495. The first-order chi connectivity index (χ1) is 13.6. The summed E-state index contributed by atoms with van der Waals surface area (Å²) in [6, 6.07) is 22.4. The van der Waals surface area contributed by atoms with Crippen molar-refractivity contribution >= 4 is 23.1 Å². The van der Waals surface area contributed by atoms with Gasteiger partial charge in [-0.15, -0.1) is 0 Å². The summed E-state index contributed by atoms with van der Waals surface area (Å²) in [6.07, 6.45) is 0. The maximum atomic E-state index is 12.2. The van der Waals surface area contributed by atoms with Gasteiger partial charge in [0.15, 0.2) is 0 Å². The molecule has 0 fully saturated rings. The largest absolute Gasteiger partial charge is 0.465 e. The number of rotatable bonds is 6. The first-order valence-electron chi connectivity index (χ1n) is 8.42. The Morgan fingerprint density at radius 1 is 0.929 bits per heavy atom. The van der Waals surface area contributed by atoms with E-state index in [0.717, 1.165) is 5.56 Å². The second kappa shape index (κ2) is 8.59. The maximum Gasteiger partial charge on any atom is 0.338 e. The minimum absolute atomic E-state index is 0.0973. The van der Waals surface area contributed by atoms with E-state index in [1.165, 1.54) is 13.2 Å². The van der Waals surface area contributed by atoms with Crippen LogP contribution in [0.5, 0.6) is 0 Å². The van der Waals surface area contributed by atoms with E-state index >= 15 is 0 Å². The molecule has 7 heteroatoms. The average molecular weight is 375 g/mol. The molecule has 3 aromatic rings. The van der Waals surface area contributed by atoms with Gasteiger partial charge in [-0.05, 0) is 12.1 Å². The van der Waals surface area contributed by atoms with Gasteiger partial charge in [0.1, 0.15) is 5.69 Å². The summed E-state index contributed by atoms with van der Waals surface area (Å²) >= 11 is 0. The van der Waals surface area contributed by atoms with Crippen molar-refractivity contribution in [1.82, 2.24) is 0 Å². The molecule has 1 N–H and O–H groups in total. The van der Waals surface area contributed by atoms with Gasteiger partial charge in [0.25, 0.3) is 5.69 Å². The van der Waals surface area contributed by atoms with Crippen LogP contribution in [-0.4, -0.2) is 23.7 Å². The molecule has 3 aromatic carbocycles. The zero-order valence-electron chi connectivity index (χ0n) is 15.0. The number of benzene rings is 3. The van der Waals surface area contributed by atoms with Crippen LogP contribution in [0.25, 0.3) is 0 Å². The second-order valence-electron chi connectivity index (χ2n) is 5.75. The van der Waals surface area contributed by atoms with E-state index in [-0.39, 0.29) is 11.4 Å². The van der Waals surface area contributed by atoms with Gasteiger partial charge in [0, 0.05) is 17.2 Å². The number of ether oxygens (including phenoxy) is 1. The van der Waals surface area contributed by atoms with E-state index in [1.54, 1.807) is 42.5 Å². The second-order valence-corrected chi connectivity index (χ2v) is 5.75. The fourth-order valence-electron chi connectivity index (χ4n) is 2.70. The van der Waals surface area contributed by atoms with E-state index in [9.17, 15) is 14.9 Å². The zero-order valence-corrected chi connectivity index (χ0v) is 15.0. The molecule has 0 aliphatic carbocycles. The minimum Gasteiger partial charge on any atom is -0.465 e. The van der Waals surface area contributed by atoms with E-state index in [0.29, 0.717) is 16.8 Å². The molecule has 0 spiro atoms. The highest BCUT2D eigenvalue weighted by Crippen LogP contribution is 2.24. The van der Waals surface area contributed by atoms with Gasteiger partial charge in [0.05, 0.1) is 23.3 Å². The normalized spacial score (nSPS) is 11.0. The fraction of sp³-hybridized carbons (Fsp3) is 0.0476. The van der Waals surface area contributed by atoms with Crippen molar-refractivity contribution in [2.24, 2.45) is 5.10 Å². The molecule has 0 aliphatic heterocycles. The lowest BCUT2D eigenvalue weighted by molar-refractivity contribution is -0.384. The lowest BCUT2D eigenvalue weighted by Crippen LogP contribution is -2.13. The van der Waals surface area contributed by atoms with Crippen molar-refractivity contribution in [1.29, 1.82) is 0 Å². The van der Waals surface area contributed by atoms with Crippen molar-refractivity contribution in [3.63, 3.8) is 0 Å². The predicted molar refractivity (Wildman–Crippen MR) is 107 cm³/mol. The number of esters is 1. The molecule has 140 valence electrons. The molecule has 0 bridgehead atoms. The van der Waals surface area contributed by atoms with Crippen LogP contribution in [0.15, 0.2) is 84.0 Å². The SMILES string of the molecule is COC(=O)c1ccccc1/C(=N/Nc1ccccc1[N+](=O)[O-])c1ccccc1. The lowest BCUT2D eigenvalue weighted by atomic mass is 9.97. The highest BCUT2D eigenvalue weighted by Gasteiger charge is 2.18. The average Bonchev–Trinajstić information content (AvgIpc) is 2.74. The first kappa shape index (κ1) is 18.8. The molecule has 0 aliphatic rings. The number of para-hydroxylation sites is 2. The van der Waals surface area contributed by atoms with Crippen molar-refractivity contribution in [3.05, 3.63) is 106 Å². The number of carbonyl (C=O) groups is 1. The Morgan fingerprint density at radius 2 is 1.54 bits per heavy atom. The van der Waals surface area contributed by atoms with Crippen molar-refractivity contribution < 1.29 is 14.5 Å². The van der Waals surface area contributed by atoms with Crippen molar-refractivity contribution in [2.45, 2.75) is 0 Å². The Labute approximate surface area is 161 Å². The van der Waals surface area contributed by atoms with E-state index in [2.05, 4.69) is 10.5 Å². The summed E-state index contributed by atoms with van der Waals surface area (Å²) in [5.41, 5.74) is 5.01. The van der Waals surface area contributed by atoms with Gasteiger partial charge in [-0.25, -0.2) is 4.79 Å². The molecule has 0 radical (unpaired) electrons. The van der Waals surface area contributed by atoms with E-state index in [1.807, 2.05) is 30.3 Å². The summed E-state index contributed by atoms with van der Waals surface area (Å²) in [5.74, 6) is -0.495. The Bertz CT molecular complexity index is 1030. The van der Waals surface area contributed by atoms with Crippen molar-refractivity contribution in [3.8, 4) is 0 Å². The molecular weight excluding hydrogens is 358 g/mol. The predicted octanol–water partition coefficient (Wildman–Crippen LogP) is 4.25.